The molecular weight excluding hydrogens is 260 g/mol. The molecule has 100 valence electrons. The number of halogens is 2. The normalized spacial score (nSPS) is 10.9. The molecule has 20 heavy (non-hydrogen) atoms. The fourth-order valence-electron chi connectivity index (χ4n) is 2.13. The smallest absolute Gasteiger partial charge is 0.162 e. The molecule has 0 unspecified atom stereocenters. The van der Waals surface area contributed by atoms with Crippen LogP contribution in [0.4, 0.5) is 14.6 Å². The number of rotatable bonds is 1. The standard InChI is InChI=1S/C15H11F2N3/c1-8-3-2-4-12-13(8)19-15(20-14(12)18)9-5-10(16)7-11(17)6-9/h2-7H,1H3,(H2,18,19,20). The topological polar surface area (TPSA) is 51.8 Å². The number of benzene rings is 2. The zero-order valence-corrected chi connectivity index (χ0v) is 10.7. The Bertz CT molecular complexity index is 795. The van der Waals surface area contributed by atoms with E-state index in [-0.39, 0.29) is 11.4 Å². The highest BCUT2D eigenvalue weighted by atomic mass is 19.1. The Morgan fingerprint density at radius 3 is 2.40 bits per heavy atom. The second kappa shape index (κ2) is 4.52. The number of nitrogens with two attached hydrogens (primary N) is 1. The molecule has 0 saturated carbocycles. The predicted octanol–water partition coefficient (Wildman–Crippen LogP) is 3.47. The van der Waals surface area contributed by atoms with Gasteiger partial charge in [-0.3, -0.25) is 0 Å². The van der Waals surface area contributed by atoms with Crippen LogP contribution in [0.15, 0.2) is 36.4 Å². The maximum absolute atomic E-state index is 13.3. The third-order valence-electron chi connectivity index (χ3n) is 3.08. The molecule has 0 spiro atoms. The van der Waals surface area contributed by atoms with Crippen molar-refractivity contribution >= 4 is 16.7 Å². The summed E-state index contributed by atoms with van der Waals surface area (Å²) < 4.78 is 26.6. The largest absolute Gasteiger partial charge is 0.383 e. The summed E-state index contributed by atoms with van der Waals surface area (Å²) in [4.78, 5) is 8.49. The molecular formula is C15H11F2N3. The van der Waals surface area contributed by atoms with Crippen molar-refractivity contribution in [1.82, 2.24) is 9.97 Å². The van der Waals surface area contributed by atoms with Gasteiger partial charge in [-0.15, -0.1) is 0 Å². The number of anilines is 1. The van der Waals surface area contributed by atoms with Gasteiger partial charge in [-0.1, -0.05) is 12.1 Å². The molecule has 3 rings (SSSR count). The molecule has 3 nitrogen and oxygen atoms in total. The van der Waals surface area contributed by atoms with E-state index >= 15 is 0 Å². The Morgan fingerprint density at radius 2 is 1.70 bits per heavy atom. The van der Waals surface area contributed by atoms with Crippen LogP contribution in [0.5, 0.6) is 0 Å². The molecule has 0 aliphatic rings. The summed E-state index contributed by atoms with van der Waals surface area (Å²) in [5.41, 5.74) is 7.77. The minimum absolute atomic E-state index is 0.211. The third kappa shape index (κ3) is 2.07. The van der Waals surface area contributed by atoms with Crippen LogP contribution in [0.1, 0.15) is 5.56 Å². The van der Waals surface area contributed by atoms with E-state index < -0.39 is 11.6 Å². The number of para-hydroxylation sites is 1. The maximum Gasteiger partial charge on any atom is 0.162 e. The van der Waals surface area contributed by atoms with Crippen LogP contribution in [-0.4, -0.2) is 9.97 Å². The fourth-order valence-corrected chi connectivity index (χ4v) is 2.13. The van der Waals surface area contributed by atoms with E-state index in [0.29, 0.717) is 11.3 Å². The van der Waals surface area contributed by atoms with Gasteiger partial charge in [-0.2, -0.15) is 0 Å². The van der Waals surface area contributed by atoms with E-state index in [1.165, 1.54) is 12.1 Å². The summed E-state index contributed by atoms with van der Waals surface area (Å²) in [5.74, 6) is -0.847. The summed E-state index contributed by atoms with van der Waals surface area (Å²) in [6.45, 7) is 1.89. The Kier molecular flexibility index (Phi) is 2.82. The lowest BCUT2D eigenvalue weighted by atomic mass is 10.1. The lowest BCUT2D eigenvalue weighted by Gasteiger charge is -2.07. The first-order valence-corrected chi connectivity index (χ1v) is 6.04. The molecule has 0 atom stereocenters. The van der Waals surface area contributed by atoms with E-state index in [9.17, 15) is 8.78 Å². The van der Waals surface area contributed by atoms with Crippen molar-refractivity contribution in [2.24, 2.45) is 0 Å². The van der Waals surface area contributed by atoms with E-state index in [2.05, 4.69) is 9.97 Å². The molecule has 1 heterocycles. The Hall–Kier alpha value is -2.56. The second-order valence-corrected chi connectivity index (χ2v) is 4.56. The average Bonchev–Trinajstić information content (AvgIpc) is 2.38. The van der Waals surface area contributed by atoms with Gasteiger partial charge in [0, 0.05) is 17.0 Å². The van der Waals surface area contributed by atoms with Crippen molar-refractivity contribution in [1.29, 1.82) is 0 Å². The van der Waals surface area contributed by atoms with Gasteiger partial charge in [-0.25, -0.2) is 18.7 Å². The summed E-state index contributed by atoms with van der Waals surface area (Å²) in [7, 11) is 0. The molecule has 1 aromatic heterocycles. The van der Waals surface area contributed by atoms with Gasteiger partial charge in [0.05, 0.1) is 5.52 Å². The van der Waals surface area contributed by atoms with Gasteiger partial charge in [0.15, 0.2) is 5.82 Å². The van der Waals surface area contributed by atoms with Crippen LogP contribution in [0.3, 0.4) is 0 Å². The first kappa shape index (κ1) is 12.5. The number of hydrogen-bond acceptors (Lipinski definition) is 3. The van der Waals surface area contributed by atoms with Crippen molar-refractivity contribution < 1.29 is 8.78 Å². The third-order valence-corrected chi connectivity index (χ3v) is 3.08. The van der Waals surface area contributed by atoms with E-state index in [1.807, 2.05) is 25.1 Å². The average molecular weight is 271 g/mol. The fraction of sp³-hybridized carbons (Fsp3) is 0.0667. The highest BCUT2D eigenvalue weighted by molar-refractivity contribution is 5.91. The van der Waals surface area contributed by atoms with E-state index in [4.69, 9.17) is 5.73 Å². The Balaban J connectivity index is 2.29. The number of aryl methyl sites for hydroxylation is 1. The van der Waals surface area contributed by atoms with Gasteiger partial charge in [0.2, 0.25) is 0 Å². The van der Waals surface area contributed by atoms with Gasteiger partial charge >= 0.3 is 0 Å². The summed E-state index contributed by atoms with van der Waals surface area (Å²) >= 11 is 0. The maximum atomic E-state index is 13.3. The molecule has 0 aliphatic heterocycles. The molecule has 2 N–H and O–H groups in total. The van der Waals surface area contributed by atoms with Gasteiger partial charge in [-0.05, 0) is 30.7 Å². The molecule has 0 bridgehead atoms. The van der Waals surface area contributed by atoms with Crippen molar-refractivity contribution in [3.05, 3.63) is 53.6 Å². The van der Waals surface area contributed by atoms with Crippen molar-refractivity contribution in [3.63, 3.8) is 0 Å². The van der Waals surface area contributed by atoms with E-state index in [0.717, 1.165) is 17.0 Å². The Labute approximate surface area is 114 Å². The molecule has 3 aromatic rings. The van der Waals surface area contributed by atoms with Crippen LogP contribution >= 0.6 is 0 Å². The van der Waals surface area contributed by atoms with Crippen LogP contribution in [0.25, 0.3) is 22.3 Å². The second-order valence-electron chi connectivity index (χ2n) is 4.56. The van der Waals surface area contributed by atoms with Crippen molar-refractivity contribution in [2.75, 3.05) is 5.73 Å². The minimum atomic E-state index is -0.674. The number of aromatic nitrogens is 2. The lowest BCUT2D eigenvalue weighted by molar-refractivity contribution is 0.584. The van der Waals surface area contributed by atoms with Gasteiger partial charge in [0.25, 0.3) is 0 Å². The number of nitrogens with zero attached hydrogens (tertiary/aromatic N) is 2. The van der Waals surface area contributed by atoms with Gasteiger partial charge in [0.1, 0.15) is 17.5 Å². The first-order valence-electron chi connectivity index (χ1n) is 6.04. The summed E-state index contributed by atoms with van der Waals surface area (Å²) in [5, 5.41) is 0.727. The molecule has 2 aromatic carbocycles. The molecule has 0 radical (unpaired) electrons. The highest BCUT2D eigenvalue weighted by Crippen LogP contribution is 2.25. The van der Waals surface area contributed by atoms with Gasteiger partial charge < -0.3 is 5.73 Å². The monoisotopic (exact) mass is 271 g/mol. The van der Waals surface area contributed by atoms with E-state index in [1.54, 1.807) is 0 Å². The summed E-state index contributed by atoms with van der Waals surface area (Å²) in [6.07, 6.45) is 0. The number of fused-ring (bicyclic) bond motifs is 1. The Morgan fingerprint density at radius 1 is 1.00 bits per heavy atom. The zero-order chi connectivity index (χ0) is 14.3. The lowest BCUT2D eigenvalue weighted by Crippen LogP contribution is -1.99. The van der Waals surface area contributed by atoms with Crippen LogP contribution in [0, 0.1) is 18.6 Å². The number of hydrogen-bond donors (Lipinski definition) is 1. The summed E-state index contributed by atoms with van der Waals surface area (Å²) in [6, 6.07) is 8.74. The number of nitrogen functional groups attached to an aromatic ring is 1. The first-order chi connectivity index (χ1) is 9.54. The highest BCUT2D eigenvalue weighted by Gasteiger charge is 2.10. The van der Waals surface area contributed by atoms with Crippen LogP contribution < -0.4 is 5.73 Å². The SMILES string of the molecule is Cc1cccc2c(N)nc(-c3cc(F)cc(F)c3)nc12. The van der Waals surface area contributed by atoms with Crippen LogP contribution in [-0.2, 0) is 0 Å². The van der Waals surface area contributed by atoms with Crippen LogP contribution in [0.2, 0.25) is 0 Å². The molecule has 0 amide bonds. The molecule has 0 aliphatic carbocycles. The molecule has 5 heteroatoms. The minimum Gasteiger partial charge on any atom is -0.383 e. The predicted molar refractivity (Wildman–Crippen MR) is 74.0 cm³/mol. The van der Waals surface area contributed by atoms with Crippen molar-refractivity contribution in [2.45, 2.75) is 6.92 Å². The quantitative estimate of drug-likeness (QED) is 0.737. The molecule has 0 saturated heterocycles. The molecule has 0 fully saturated rings. The zero-order valence-electron chi connectivity index (χ0n) is 10.7. The van der Waals surface area contributed by atoms with Crippen molar-refractivity contribution in [3.8, 4) is 11.4 Å².